The lowest BCUT2D eigenvalue weighted by Crippen LogP contribution is -2.41. The second kappa shape index (κ2) is 6.20. The van der Waals surface area contributed by atoms with E-state index in [0.29, 0.717) is 17.9 Å². The van der Waals surface area contributed by atoms with Gasteiger partial charge in [-0.2, -0.15) is 13.2 Å². The van der Waals surface area contributed by atoms with Gasteiger partial charge in [-0.15, -0.1) is 0 Å². The maximum Gasteiger partial charge on any atom is 0.416 e. The van der Waals surface area contributed by atoms with Crippen LogP contribution in [0.5, 0.6) is 0 Å². The third kappa shape index (κ3) is 3.99. The Hall–Kier alpha value is -1.07. The Morgan fingerprint density at radius 2 is 2.00 bits per heavy atom. The van der Waals surface area contributed by atoms with Gasteiger partial charge in [-0.05, 0) is 24.0 Å². The van der Waals surface area contributed by atoms with Crippen LogP contribution in [0.15, 0.2) is 24.3 Å². The zero-order chi connectivity index (χ0) is 13.8. The lowest BCUT2D eigenvalue weighted by molar-refractivity contribution is -0.137. The molecule has 0 aromatic heterocycles. The van der Waals surface area contributed by atoms with Gasteiger partial charge in [0.15, 0.2) is 0 Å². The van der Waals surface area contributed by atoms with E-state index in [4.69, 9.17) is 5.84 Å². The third-order valence-corrected chi connectivity index (χ3v) is 3.25. The number of nitrogens with one attached hydrogen (secondary N) is 1. The first-order valence-corrected chi connectivity index (χ1v) is 6.00. The maximum absolute atomic E-state index is 12.6. The molecule has 102 valence electrons. The van der Waals surface area contributed by atoms with Gasteiger partial charge >= 0.3 is 6.18 Å². The van der Waals surface area contributed by atoms with Gasteiger partial charge in [0.2, 0.25) is 0 Å². The molecular weight excluding hydrogens is 241 g/mol. The van der Waals surface area contributed by atoms with E-state index in [9.17, 15) is 13.2 Å². The maximum atomic E-state index is 12.6. The summed E-state index contributed by atoms with van der Waals surface area (Å²) in [6, 6.07) is 5.38. The summed E-state index contributed by atoms with van der Waals surface area (Å²) in [5, 5.41) is 0. The Morgan fingerprint density at radius 3 is 2.50 bits per heavy atom. The summed E-state index contributed by atoms with van der Waals surface area (Å²) >= 11 is 0. The molecule has 0 bridgehead atoms. The number of hydrazine groups is 1. The minimum absolute atomic E-state index is 0.0153. The van der Waals surface area contributed by atoms with Crippen molar-refractivity contribution in [2.24, 2.45) is 11.8 Å². The first-order chi connectivity index (χ1) is 8.38. The Morgan fingerprint density at radius 1 is 1.33 bits per heavy atom. The van der Waals surface area contributed by atoms with Gasteiger partial charge in [-0.3, -0.25) is 11.3 Å². The van der Waals surface area contributed by atoms with Crippen LogP contribution in [0.25, 0.3) is 0 Å². The van der Waals surface area contributed by atoms with Gasteiger partial charge in [-0.25, -0.2) is 0 Å². The molecule has 0 radical (unpaired) electrons. The third-order valence-electron chi connectivity index (χ3n) is 3.25. The fraction of sp³-hybridized carbons (Fsp3) is 0.538. The van der Waals surface area contributed by atoms with Crippen molar-refractivity contribution in [3.8, 4) is 0 Å². The van der Waals surface area contributed by atoms with Crippen molar-refractivity contribution in [3.63, 3.8) is 0 Å². The number of halogens is 3. The summed E-state index contributed by atoms with van der Waals surface area (Å²) in [6.07, 6.45) is -2.87. The van der Waals surface area contributed by atoms with E-state index in [1.165, 1.54) is 12.1 Å². The molecule has 0 amide bonds. The molecule has 18 heavy (non-hydrogen) atoms. The molecule has 3 N–H and O–H groups in total. The molecule has 0 aliphatic heterocycles. The molecule has 1 aromatic carbocycles. The molecule has 0 fully saturated rings. The first-order valence-electron chi connectivity index (χ1n) is 6.00. The zero-order valence-corrected chi connectivity index (χ0v) is 10.6. The topological polar surface area (TPSA) is 38.0 Å². The molecule has 1 aromatic rings. The highest BCUT2D eigenvalue weighted by atomic mass is 19.4. The average Bonchev–Trinajstić information content (AvgIpc) is 2.34. The predicted octanol–water partition coefficient (Wildman–Crippen LogP) is 3.13. The molecule has 1 rings (SSSR count). The van der Waals surface area contributed by atoms with E-state index in [-0.39, 0.29) is 6.04 Å². The van der Waals surface area contributed by atoms with Crippen LogP contribution in [0.4, 0.5) is 13.2 Å². The molecule has 2 unspecified atom stereocenters. The normalized spacial score (nSPS) is 15.4. The number of benzene rings is 1. The molecule has 0 heterocycles. The van der Waals surface area contributed by atoms with Crippen LogP contribution in [0, 0.1) is 5.92 Å². The second-order valence-corrected chi connectivity index (χ2v) is 4.56. The minimum atomic E-state index is -4.29. The van der Waals surface area contributed by atoms with E-state index in [2.05, 4.69) is 5.43 Å². The van der Waals surface area contributed by atoms with Crippen molar-refractivity contribution in [1.82, 2.24) is 5.43 Å². The van der Waals surface area contributed by atoms with Crippen LogP contribution in [0.2, 0.25) is 0 Å². The van der Waals surface area contributed by atoms with E-state index in [1.807, 2.05) is 13.8 Å². The van der Waals surface area contributed by atoms with Crippen LogP contribution >= 0.6 is 0 Å². The molecule has 0 spiro atoms. The summed E-state index contributed by atoms with van der Waals surface area (Å²) in [6.45, 7) is 4.05. The fourth-order valence-corrected chi connectivity index (χ4v) is 1.84. The summed E-state index contributed by atoms with van der Waals surface area (Å²) in [5.41, 5.74) is 2.71. The number of nitrogens with two attached hydrogens (primary N) is 1. The van der Waals surface area contributed by atoms with Crippen LogP contribution in [0.1, 0.15) is 31.4 Å². The van der Waals surface area contributed by atoms with Gasteiger partial charge in [0.1, 0.15) is 0 Å². The number of hydrogen-bond donors (Lipinski definition) is 2. The average molecular weight is 260 g/mol. The Bertz CT molecular complexity index is 377. The standard InChI is InChI=1S/C13H19F3N2/c1-3-9(2)12(18-17)8-10-5-4-6-11(7-10)13(14,15)16/h4-7,9,12,18H,3,8,17H2,1-2H3. The van der Waals surface area contributed by atoms with Crippen molar-refractivity contribution in [3.05, 3.63) is 35.4 Å². The van der Waals surface area contributed by atoms with Gasteiger partial charge in [-0.1, -0.05) is 38.5 Å². The Balaban J connectivity index is 2.84. The van der Waals surface area contributed by atoms with Gasteiger partial charge < -0.3 is 0 Å². The predicted molar refractivity (Wildman–Crippen MR) is 65.7 cm³/mol. The summed E-state index contributed by atoms with van der Waals surface area (Å²) < 4.78 is 37.7. The van der Waals surface area contributed by atoms with E-state index < -0.39 is 11.7 Å². The van der Waals surface area contributed by atoms with Gasteiger partial charge in [0.05, 0.1) is 5.56 Å². The fourth-order valence-electron chi connectivity index (χ4n) is 1.84. The minimum Gasteiger partial charge on any atom is -0.271 e. The second-order valence-electron chi connectivity index (χ2n) is 4.56. The molecule has 0 aliphatic rings. The molecular formula is C13H19F3N2. The smallest absolute Gasteiger partial charge is 0.271 e. The highest BCUT2D eigenvalue weighted by molar-refractivity contribution is 5.26. The van der Waals surface area contributed by atoms with Crippen molar-refractivity contribution in [2.75, 3.05) is 0 Å². The first kappa shape index (κ1) is 15.0. The quantitative estimate of drug-likeness (QED) is 0.630. The van der Waals surface area contributed by atoms with Crippen molar-refractivity contribution in [1.29, 1.82) is 0 Å². The lowest BCUT2D eigenvalue weighted by atomic mass is 9.93. The zero-order valence-electron chi connectivity index (χ0n) is 10.6. The Labute approximate surface area is 105 Å². The van der Waals surface area contributed by atoms with Crippen molar-refractivity contribution < 1.29 is 13.2 Å². The van der Waals surface area contributed by atoms with Crippen LogP contribution in [0.3, 0.4) is 0 Å². The molecule has 5 heteroatoms. The van der Waals surface area contributed by atoms with Crippen LogP contribution in [-0.2, 0) is 12.6 Å². The van der Waals surface area contributed by atoms with Gasteiger partial charge in [0.25, 0.3) is 0 Å². The molecule has 2 nitrogen and oxygen atoms in total. The SMILES string of the molecule is CCC(C)C(Cc1cccc(C(F)(F)F)c1)NN. The number of alkyl halides is 3. The van der Waals surface area contributed by atoms with Gasteiger partial charge in [0, 0.05) is 6.04 Å². The van der Waals surface area contributed by atoms with E-state index >= 15 is 0 Å². The molecule has 0 saturated carbocycles. The van der Waals surface area contributed by atoms with E-state index in [0.717, 1.165) is 12.5 Å². The molecule has 0 aliphatic carbocycles. The summed E-state index contributed by atoms with van der Waals surface area (Å²) in [5.74, 6) is 5.76. The van der Waals surface area contributed by atoms with Crippen LogP contribution in [-0.4, -0.2) is 6.04 Å². The number of hydrogen-bond acceptors (Lipinski definition) is 2. The lowest BCUT2D eigenvalue weighted by Gasteiger charge is -2.22. The summed E-state index contributed by atoms with van der Waals surface area (Å²) in [4.78, 5) is 0. The summed E-state index contributed by atoms with van der Waals surface area (Å²) in [7, 11) is 0. The molecule has 2 atom stereocenters. The monoisotopic (exact) mass is 260 g/mol. The van der Waals surface area contributed by atoms with E-state index in [1.54, 1.807) is 6.07 Å². The highest BCUT2D eigenvalue weighted by Gasteiger charge is 2.30. The van der Waals surface area contributed by atoms with Crippen LogP contribution < -0.4 is 11.3 Å². The highest BCUT2D eigenvalue weighted by Crippen LogP contribution is 2.30. The number of rotatable bonds is 5. The Kier molecular flexibility index (Phi) is 5.16. The van der Waals surface area contributed by atoms with Crippen molar-refractivity contribution in [2.45, 2.75) is 38.9 Å². The largest absolute Gasteiger partial charge is 0.416 e. The molecule has 0 saturated heterocycles. The van der Waals surface area contributed by atoms with Crippen molar-refractivity contribution >= 4 is 0 Å².